The van der Waals surface area contributed by atoms with Crippen LogP contribution < -0.4 is 0 Å². The van der Waals surface area contributed by atoms with Crippen LogP contribution in [0.5, 0.6) is 0 Å². The summed E-state index contributed by atoms with van der Waals surface area (Å²) in [5, 5.41) is 9.20. The number of benzene rings is 2. The van der Waals surface area contributed by atoms with Gasteiger partial charge in [-0.3, -0.25) is 4.79 Å². The van der Waals surface area contributed by atoms with Crippen molar-refractivity contribution in [3.05, 3.63) is 76.3 Å². The number of hydrogen-bond acceptors (Lipinski definition) is 4. The van der Waals surface area contributed by atoms with Crippen molar-refractivity contribution >= 4 is 33.5 Å². The summed E-state index contributed by atoms with van der Waals surface area (Å²) in [5.41, 5.74) is 3.70. The largest absolute Gasteiger partial charge is 0.293 e. The number of nitrogens with zero attached hydrogens (tertiary/aromatic N) is 2. The molecule has 0 bridgehead atoms. The van der Waals surface area contributed by atoms with E-state index < -0.39 is 0 Å². The van der Waals surface area contributed by atoms with E-state index >= 15 is 0 Å². The highest BCUT2D eigenvalue weighted by Gasteiger charge is 2.08. The molecule has 1 aromatic heterocycles. The number of thioether (sulfide) groups is 1. The van der Waals surface area contributed by atoms with E-state index in [1.807, 2.05) is 67.6 Å². The fourth-order valence-electron chi connectivity index (χ4n) is 2.13. The Morgan fingerprint density at radius 3 is 2.29 bits per heavy atom. The molecule has 2 aromatic carbocycles. The van der Waals surface area contributed by atoms with E-state index in [0.29, 0.717) is 5.75 Å². The normalized spacial score (nSPS) is 10.6. The van der Waals surface area contributed by atoms with E-state index in [2.05, 4.69) is 26.1 Å². The molecule has 120 valence electrons. The Morgan fingerprint density at radius 2 is 1.67 bits per heavy atom. The van der Waals surface area contributed by atoms with E-state index in [1.165, 1.54) is 11.8 Å². The third-order valence-electron chi connectivity index (χ3n) is 3.50. The first-order valence-corrected chi connectivity index (χ1v) is 9.22. The van der Waals surface area contributed by atoms with Crippen molar-refractivity contribution in [3.63, 3.8) is 0 Å². The highest BCUT2D eigenvalue weighted by Crippen LogP contribution is 2.22. The molecule has 3 nitrogen and oxygen atoms in total. The number of carbonyl (C=O) groups is 1. The van der Waals surface area contributed by atoms with Crippen LogP contribution in [0.4, 0.5) is 0 Å². The number of ketones is 1. The lowest BCUT2D eigenvalue weighted by Crippen LogP contribution is -2.02. The Hall–Kier alpha value is -1.98. The molecule has 5 heteroatoms. The zero-order chi connectivity index (χ0) is 16.9. The van der Waals surface area contributed by atoms with Crippen molar-refractivity contribution in [1.82, 2.24) is 10.2 Å². The van der Waals surface area contributed by atoms with Gasteiger partial charge in [0.1, 0.15) is 5.03 Å². The van der Waals surface area contributed by atoms with Crippen LogP contribution in [0.2, 0.25) is 0 Å². The molecule has 0 spiro atoms. The first-order chi connectivity index (χ1) is 11.6. The van der Waals surface area contributed by atoms with E-state index in [-0.39, 0.29) is 5.78 Å². The predicted octanol–water partition coefficient (Wildman–Crippen LogP) is 5.19. The summed E-state index contributed by atoms with van der Waals surface area (Å²) in [6.45, 7) is 2.01. The third-order valence-corrected chi connectivity index (χ3v) is 4.95. The summed E-state index contributed by atoms with van der Waals surface area (Å²) in [5.74, 6) is 0.453. The Balaban J connectivity index is 1.63. The molecule has 1 heterocycles. The van der Waals surface area contributed by atoms with Crippen LogP contribution in [0.25, 0.3) is 11.3 Å². The average Bonchev–Trinajstić information content (AvgIpc) is 2.61. The standard InChI is InChI=1S/C19H15BrN2OS/c1-13-2-4-15(5-3-13)18(23)12-24-19-11-10-17(21-22-19)14-6-8-16(20)9-7-14/h2-11H,12H2,1H3. The summed E-state index contributed by atoms with van der Waals surface area (Å²) in [6.07, 6.45) is 0. The summed E-state index contributed by atoms with van der Waals surface area (Å²) in [4.78, 5) is 12.2. The lowest BCUT2D eigenvalue weighted by atomic mass is 10.1. The lowest BCUT2D eigenvalue weighted by molar-refractivity contribution is 0.102. The van der Waals surface area contributed by atoms with Gasteiger partial charge in [0.05, 0.1) is 11.4 Å². The minimum atomic E-state index is 0.0961. The molecular formula is C19H15BrN2OS. The monoisotopic (exact) mass is 398 g/mol. The third kappa shape index (κ3) is 4.30. The molecule has 0 saturated heterocycles. The van der Waals surface area contributed by atoms with Crippen LogP contribution in [-0.2, 0) is 0 Å². The van der Waals surface area contributed by atoms with Gasteiger partial charge in [-0.2, -0.15) is 0 Å². The van der Waals surface area contributed by atoms with Crippen LogP contribution >= 0.6 is 27.7 Å². The van der Waals surface area contributed by atoms with Crippen molar-refractivity contribution in [1.29, 1.82) is 0 Å². The number of Topliss-reactive ketones (excluding diaryl/α,β-unsaturated/α-hetero) is 1. The summed E-state index contributed by atoms with van der Waals surface area (Å²) in [6, 6.07) is 19.4. The molecular weight excluding hydrogens is 384 g/mol. The minimum absolute atomic E-state index is 0.0961. The zero-order valence-corrected chi connectivity index (χ0v) is 15.5. The number of carbonyl (C=O) groups excluding carboxylic acids is 1. The Morgan fingerprint density at radius 1 is 0.958 bits per heavy atom. The second-order valence-electron chi connectivity index (χ2n) is 5.34. The quantitative estimate of drug-likeness (QED) is 0.438. The zero-order valence-electron chi connectivity index (χ0n) is 13.1. The molecule has 0 aliphatic carbocycles. The SMILES string of the molecule is Cc1ccc(C(=O)CSc2ccc(-c3ccc(Br)cc3)nn2)cc1. The fourth-order valence-corrected chi connectivity index (χ4v) is 3.11. The van der Waals surface area contributed by atoms with Crippen molar-refractivity contribution in [2.24, 2.45) is 0 Å². The first kappa shape index (κ1) is 16.9. The van der Waals surface area contributed by atoms with Crippen LogP contribution in [0.3, 0.4) is 0 Å². The number of halogens is 1. The molecule has 3 rings (SSSR count). The van der Waals surface area contributed by atoms with Crippen LogP contribution in [0, 0.1) is 6.92 Å². The summed E-state index contributed by atoms with van der Waals surface area (Å²) >= 11 is 4.82. The van der Waals surface area contributed by atoms with Crippen LogP contribution in [0.1, 0.15) is 15.9 Å². The van der Waals surface area contributed by atoms with Crippen molar-refractivity contribution in [2.75, 3.05) is 5.75 Å². The molecule has 24 heavy (non-hydrogen) atoms. The van der Waals surface area contributed by atoms with Crippen molar-refractivity contribution in [3.8, 4) is 11.3 Å². The van der Waals surface area contributed by atoms with Crippen molar-refractivity contribution < 1.29 is 4.79 Å². The smallest absolute Gasteiger partial charge is 0.173 e. The second kappa shape index (κ2) is 7.73. The van der Waals surface area contributed by atoms with E-state index in [9.17, 15) is 4.79 Å². The number of rotatable bonds is 5. The minimum Gasteiger partial charge on any atom is -0.293 e. The molecule has 0 aliphatic heterocycles. The molecule has 0 N–H and O–H groups in total. The fraction of sp³-hybridized carbons (Fsp3) is 0.105. The lowest BCUT2D eigenvalue weighted by Gasteiger charge is -2.03. The molecule has 0 atom stereocenters. The molecule has 0 radical (unpaired) electrons. The van der Waals surface area contributed by atoms with Gasteiger partial charge in [0.25, 0.3) is 0 Å². The van der Waals surface area contributed by atoms with E-state index in [0.717, 1.165) is 31.9 Å². The van der Waals surface area contributed by atoms with Crippen LogP contribution in [0.15, 0.2) is 70.2 Å². The summed E-state index contributed by atoms with van der Waals surface area (Å²) < 4.78 is 1.03. The first-order valence-electron chi connectivity index (χ1n) is 7.44. The average molecular weight is 399 g/mol. The molecule has 0 saturated carbocycles. The molecule has 3 aromatic rings. The summed E-state index contributed by atoms with van der Waals surface area (Å²) in [7, 11) is 0. The second-order valence-corrected chi connectivity index (χ2v) is 7.25. The highest BCUT2D eigenvalue weighted by molar-refractivity contribution is 9.10. The van der Waals surface area contributed by atoms with Gasteiger partial charge in [0, 0.05) is 15.6 Å². The van der Waals surface area contributed by atoms with Gasteiger partial charge in [0.2, 0.25) is 0 Å². The maximum absolute atomic E-state index is 12.2. The van der Waals surface area contributed by atoms with Gasteiger partial charge in [-0.25, -0.2) is 0 Å². The van der Waals surface area contributed by atoms with Gasteiger partial charge >= 0.3 is 0 Å². The van der Waals surface area contributed by atoms with E-state index in [4.69, 9.17) is 0 Å². The van der Waals surface area contributed by atoms with Gasteiger partial charge < -0.3 is 0 Å². The molecule has 0 amide bonds. The maximum Gasteiger partial charge on any atom is 0.173 e. The Kier molecular flexibility index (Phi) is 5.43. The predicted molar refractivity (Wildman–Crippen MR) is 101 cm³/mol. The maximum atomic E-state index is 12.2. The van der Waals surface area contributed by atoms with Crippen LogP contribution in [-0.4, -0.2) is 21.7 Å². The van der Waals surface area contributed by atoms with Gasteiger partial charge in [-0.05, 0) is 31.2 Å². The van der Waals surface area contributed by atoms with Crippen molar-refractivity contribution in [2.45, 2.75) is 11.9 Å². The molecule has 0 unspecified atom stereocenters. The topological polar surface area (TPSA) is 42.9 Å². The van der Waals surface area contributed by atoms with E-state index in [1.54, 1.807) is 0 Å². The molecule has 0 fully saturated rings. The van der Waals surface area contributed by atoms with Gasteiger partial charge in [0.15, 0.2) is 5.78 Å². The Labute approximate surface area is 153 Å². The number of aryl methyl sites for hydroxylation is 1. The molecule has 0 aliphatic rings. The van der Waals surface area contributed by atoms with Gasteiger partial charge in [-0.15, -0.1) is 10.2 Å². The number of hydrogen-bond donors (Lipinski definition) is 0. The van der Waals surface area contributed by atoms with Gasteiger partial charge in [-0.1, -0.05) is 69.7 Å². The highest BCUT2D eigenvalue weighted by atomic mass is 79.9. The number of aromatic nitrogens is 2. The Bertz CT molecular complexity index is 831.